The van der Waals surface area contributed by atoms with Crippen molar-refractivity contribution < 1.29 is 80.8 Å². The minimum atomic E-state index is -1.80. The van der Waals surface area contributed by atoms with Crippen molar-refractivity contribution >= 4 is 30.0 Å². The molecule has 0 aromatic heterocycles. The molecule has 11 atom stereocenters. The van der Waals surface area contributed by atoms with Crippen LogP contribution in [0.25, 0.3) is 0 Å². The molecule has 0 spiro atoms. The minimum absolute atomic E-state index is 0.100. The number of carbonyl (C=O) groups excluding carboxylic acids is 5. The Morgan fingerprint density at radius 2 is 1.01 bits per heavy atom. The summed E-state index contributed by atoms with van der Waals surface area (Å²) in [6.07, 6.45) is -12.1. The van der Waals surface area contributed by atoms with E-state index in [9.17, 15) is 24.0 Å². The third-order valence-electron chi connectivity index (χ3n) is 11.1. The average molecular weight is 943 g/mol. The predicted molar refractivity (Wildman–Crippen MR) is 238 cm³/mol. The van der Waals surface area contributed by atoms with Gasteiger partial charge in [-0.2, -0.15) is 0 Å². The number of esters is 4. The highest BCUT2D eigenvalue weighted by molar-refractivity contribution is 5.91. The maximum absolute atomic E-state index is 14.1. The van der Waals surface area contributed by atoms with Crippen molar-refractivity contribution in [3.8, 4) is 12.3 Å². The molecule has 0 bridgehead atoms. The molecule has 17 nitrogen and oxygen atoms in total. The Kier molecular flexibility index (Phi) is 16.0. The lowest BCUT2D eigenvalue weighted by atomic mass is 9.95. The molecule has 0 aliphatic carbocycles. The van der Waals surface area contributed by atoms with E-state index in [1.807, 2.05) is 6.07 Å². The van der Waals surface area contributed by atoms with E-state index in [0.717, 1.165) is 0 Å². The topological polar surface area (TPSA) is 196 Å². The number of fused-ring (bicyclic) bond motifs is 1. The van der Waals surface area contributed by atoms with Gasteiger partial charge in [0.2, 0.25) is 0 Å². The number of rotatable bonds is 15. The fourth-order valence-electron chi connectivity index (χ4n) is 7.83. The summed E-state index contributed by atoms with van der Waals surface area (Å²) in [7, 11) is 1.27. The molecule has 69 heavy (non-hydrogen) atoms. The van der Waals surface area contributed by atoms with Crippen molar-refractivity contribution in [3.05, 3.63) is 179 Å². The van der Waals surface area contributed by atoms with Crippen LogP contribution in [0.15, 0.2) is 152 Å². The fraction of sp³-hybridized carbons (Fsp3) is 0.288. The Bertz CT molecular complexity index is 2540. The first-order valence-corrected chi connectivity index (χ1v) is 21.8. The zero-order chi connectivity index (χ0) is 48.1. The maximum atomic E-state index is 14.1. The van der Waals surface area contributed by atoms with Gasteiger partial charge in [-0.3, -0.25) is 0 Å². The molecule has 8 rings (SSSR count). The maximum Gasteiger partial charge on any atom is 0.509 e. The van der Waals surface area contributed by atoms with Crippen molar-refractivity contribution in [2.24, 2.45) is 0 Å². The van der Waals surface area contributed by atoms with Crippen molar-refractivity contribution in [1.29, 1.82) is 0 Å². The largest absolute Gasteiger partial charge is 0.509 e. The number of hydrogen-bond donors (Lipinski definition) is 0. The third-order valence-corrected chi connectivity index (χ3v) is 11.1. The summed E-state index contributed by atoms with van der Waals surface area (Å²) in [6, 6.07) is 41.0. The second-order valence-corrected chi connectivity index (χ2v) is 15.6. The smallest absolute Gasteiger partial charge is 0.459 e. The van der Waals surface area contributed by atoms with Crippen molar-refractivity contribution in [3.63, 3.8) is 0 Å². The zero-order valence-electron chi connectivity index (χ0n) is 36.9. The lowest BCUT2D eigenvalue weighted by Gasteiger charge is -2.50. The second-order valence-electron chi connectivity index (χ2n) is 15.6. The summed E-state index contributed by atoms with van der Waals surface area (Å²) in [6.45, 7) is -1.26. The van der Waals surface area contributed by atoms with Gasteiger partial charge in [0.05, 0.1) is 28.9 Å². The highest BCUT2D eigenvalue weighted by Crippen LogP contribution is 2.40. The lowest BCUT2D eigenvalue weighted by Crippen LogP contribution is -2.68. The molecule has 3 aliphatic heterocycles. The molecule has 3 aliphatic rings. The molecule has 356 valence electrons. The van der Waals surface area contributed by atoms with Gasteiger partial charge >= 0.3 is 30.0 Å². The zero-order valence-corrected chi connectivity index (χ0v) is 36.9. The quantitative estimate of drug-likeness (QED) is 0.0646. The van der Waals surface area contributed by atoms with Crippen molar-refractivity contribution in [2.75, 3.05) is 26.9 Å². The Morgan fingerprint density at radius 3 is 1.54 bits per heavy atom. The van der Waals surface area contributed by atoms with Crippen LogP contribution in [-0.4, -0.2) is 118 Å². The molecular formula is C52H46O17. The molecule has 1 unspecified atom stereocenters. The van der Waals surface area contributed by atoms with Crippen LogP contribution in [0.2, 0.25) is 0 Å². The van der Waals surface area contributed by atoms with E-state index in [-0.39, 0.29) is 28.9 Å². The summed E-state index contributed by atoms with van der Waals surface area (Å²) in [5, 5.41) is 0. The van der Waals surface area contributed by atoms with Crippen LogP contribution in [0, 0.1) is 12.3 Å². The van der Waals surface area contributed by atoms with Gasteiger partial charge in [0, 0.05) is 12.7 Å². The van der Waals surface area contributed by atoms with Gasteiger partial charge in [0.1, 0.15) is 31.0 Å². The summed E-state index contributed by atoms with van der Waals surface area (Å²) in [4.78, 5) is 69.0. The van der Waals surface area contributed by atoms with Gasteiger partial charge in [-0.25, -0.2) is 24.0 Å². The van der Waals surface area contributed by atoms with E-state index in [0.29, 0.717) is 5.56 Å². The molecule has 3 saturated heterocycles. The van der Waals surface area contributed by atoms with Crippen LogP contribution in [0.1, 0.15) is 53.3 Å². The van der Waals surface area contributed by atoms with Gasteiger partial charge in [-0.15, -0.1) is 6.42 Å². The number of benzene rings is 5. The van der Waals surface area contributed by atoms with Crippen LogP contribution in [0.3, 0.4) is 0 Å². The second kappa shape index (κ2) is 23.0. The van der Waals surface area contributed by atoms with Gasteiger partial charge in [0.25, 0.3) is 0 Å². The number of hydrogen-bond acceptors (Lipinski definition) is 17. The Balaban J connectivity index is 1.21. The molecule has 0 N–H and O–H groups in total. The number of ether oxygens (including phenoxy) is 12. The van der Waals surface area contributed by atoms with Gasteiger partial charge < -0.3 is 56.8 Å². The molecule has 0 saturated carbocycles. The van der Waals surface area contributed by atoms with E-state index in [1.54, 1.807) is 109 Å². The molecular weight excluding hydrogens is 897 g/mol. The van der Waals surface area contributed by atoms with Crippen LogP contribution in [0.4, 0.5) is 4.79 Å². The molecule has 0 radical (unpaired) electrons. The SMILES string of the molecule is C#CCOC(=O)O[C@H]1[C@H](O[C@H]2[C@H](OC(=O)c3ccccc3)[C@@H](OC(=O)c3ccccc3)[C@@H](OC)O[C@@H]2COC(=O)c2ccccc2)O[C@@H]2COC(c3ccccc3)O[C@H]2[C@@H]1OC(=O)c1ccccc1. The number of terminal acetylenes is 1. The molecule has 17 heteroatoms. The first-order chi connectivity index (χ1) is 33.7. The summed E-state index contributed by atoms with van der Waals surface area (Å²) in [5.74, 6) is -1.15. The summed E-state index contributed by atoms with van der Waals surface area (Å²) >= 11 is 0. The van der Waals surface area contributed by atoms with Gasteiger partial charge in [0.15, 0.2) is 49.9 Å². The highest BCUT2D eigenvalue weighted by Gasteiger charge is 2.59. The molecule has 3 fully saturated rings. The van der Waals surface area contributed by atoms with E-state index in [4.69, 9.17) is 63.3 Å². The van der Waals surface area contributed by atoms with Crippen molar-refractivity contribution in [1.82, 2.24) is 0 Å². The van der Waals surface area contributed by atoms with E-state index < -0.39 is 111 Å². The van der Waals surface area contributed by atoms with E-state index >= 15 is 0 Å². The van der Waals surface area contributed by atoms with Crippen LogP contribution < -0.4 is 0 Å². The summed E-state index contributed by atoms with van der Waals surface area (Å²) < 4.78 is 73.4. The molecule has 3 heterocycles. The first kappa shape index (κ1) is 48.0. The predicted octanol–water partition coefficient (Wildman–Crippen LogP) is 6.27. The monoisotopic (exact) mass is 942 g/mol. The van der Waals surface area contributed by atoms with Crippen LogP contribution >= 0.6 is 0 Å². The number of carbonyl (C=O) groups is 5. The molecule has 0 amide bonds. The normalized spacial score (nSPS) is 26.1. The average Bonchev–Trinajstić information content (AvgIpc) is 3.40. The lowest BCUT2D eigenvalue weighted by molar-refractivity contribution is -0.383. The van der Waals surface area contributed by atoms with Crippen LogP contribution in [0.5, 0.6) is 0 Å². The van der Waals surface area contributed by atoms with E-state index in [2.05, 4.69) is 5.92 Å². The van der Waals surface area contributed by atoms with Crippen molar-refractivity contribution in [2.45, 2.75) is 67.7 Å². The third kappa shape index (κ3) is 11.8. The standard InChI is InChI=1S/C52H46O17/c1-3-29-59-52(57)69-44-42(65-47(55)34-23-13-6-14-24-34)39-38(31-61-49(67-39)36-27-17-8-18-28-36)63-51(44)68-40-37(30-60-45(53)32-19-9-4-10-20-32)62-50(58-2)43(66-48(56)35-25-15-7-16-26-35)41(40)64-46(54)33-21-11-5-12-22-33/h1,4-28,37-44,49-51H,29-31H2,2H3/t37-,38-,39-,40-,41+,42+,43-,44-,49?,50+,51+/m1/s1. The van der Waals surface area contributed by atoms with Crippen LogP contribution in [-0.2, 0) is 56.8 Å². The minimum Gasteiger partial charge on any atom is -0.459 e. The van der Waals surface area contributed by atoms with Gasteiger partial charge in [-0.05, 0) is 48.5 Å². The Morgan fingerprint density at radius 1 is 0.536 bits per heavy atom. The highest BCUT2D eigenvalue weighted by atomic mass is 16.8. The van der Waals surface area contributed by atoms with Gasteiger partial charge in [-0.1, -0.05) is 109 Å². The molecule has 5 aromatic carbocycles. The van der Waals surface area contributed by atoms with E-state index in [1.165, 1.54) is 43.5 Å². The fourth-order valence-corrected chi connectivity index (χ4v) is 7.83. The number of methoxy groups -OCH3 is 1. The summed E-state index contributed by atoms with van der Waals surface area (Å²) in [5.41, 5.74) is 1.19. The Hall–Kier alpha value is -7.43. The first-order valence-electron chi connectivity index (χ1n) is 21.8. The Labute approximate surface area is 396 Å². The molecule has 5 aromatic rings.